The first-order valence-corrected chi connectivity index (χ1v) is 13.1. The molecule has 0 heterocycles. The average Bonchev–Trinajstić information content (AvgIpc) is 2.82. The topological polar surface area (TPSA) is 99.8 Å². The number of urea groups is 1. The standard InChI is InChI=1S/C27H43N5O2/c1-20-8-6-12-23(16-20)30-27(34)31-24-13-7-11-22(17-24)18-25(29-26(28)32(2)19-33)15-14-21-9-4-3-5-10-21/h6,8,12,16,19,21-22,24-25H,3-5,7,9-11,13-15,17-18H2,1-2H3,(H2,28,29)(H2,30,31,34)/t22-,24+,25+/m0/s1. The molecular formula is C27H43N5O2. The highest BCUT2D eigenvalue weighted by Gasteiger charge is 2.26. The lowest BCUT2D eigenvalue weighted by Crippen LogP contribution is -2.41. The maximum Gasteiger partial charge on any atom is 0.319 e. The SMILES string of the molecule is Cc1cccc(NC(=O)N[C@@H]2CCC[C@H](C[C@@H](CCC3CCCCC3)N=C(N)N(C)C=O)C2)c1. The molecule has 2 aliphatic rings. The molecule has 188 valence electrons. The number of anilines is 1. The van der Waals surface area contributed by atoms with Crippen molar-refractivity contribution < 1.29 is 9.59 Å². The number of nitrogens with one attached hydrogen (secondary N) is 2. The number of aliphatic imine (C=N–C) groups is 1. The number of nitrogens with two attached hydrogens (primary N) is 1. The van der Waals surface area contributed by atoms with Gasteiger partial charge in [0.2, 0.25) is 6.41 Å². The molecule has 1 aromatic carbocycles. The predicted octanol–water partition coefficient (Wildman–Crippen LogP) is 5.20. The van der Waals surface area contributed by atoms with E-state index >= 15 is 0 Å². The van der Waals surface area contributed by atoms with Gasteiger partial charge in [-0.15, -0.1) is 0 Å². The Balaban J connectivity index is 1.55. The summed E-state index contributed by atoms with van der Waals surface area (Å²) >= 11 is 0. The van der Waals surface area contributed by atoms with Gasteiger partial charge in [-0.3, -0.25) is 9.69 Å². The largest absolute Gasteiger partial charge is 0.369 e. The van der Waals surface area contributed by atoms with E-state index in [0.29, 0.717) is 18.3 Å². The van der Waals surface area contributed by atoms with Gasteiger partial charge in [0.05, 0.1) is 6.04 Å². The Bertz CT molecular complexity index is 821. The van der Waals surface area contributed by atoms with Crippen LogP contribution in [0, 0.1) is 18.8 Å². The molecule has 3 rings (SSSR count). The molecule has 0 saturated heterocycles. The molecule has 34 heavy (non-hydrogen) atoms. The highest BCUT2D eigenvalue weighted by molar-refractivity contribution is 5.89. The molecular weight excluding hydrogens is 426 g/mol. The number of aryl methyl sites for hydroxylation is 1. The lowest BCUT2D eigenvalue weighted by Gasteiger charge is -2.32. The molecule has 0 aliphatic heterocycles. The van der Waals surface area contributed by atoms with Crippen LogP contribution in [0.5, 0.6) is 0 Å². The van der Waals surface area contributed by atoms with Crippen molar-refractivity contribution in [3.05, 3.63) is 29.8 Å². The summed E-state index contributed by atoms with van der Waals surface area (Å²) < 4.78 is 0. The fraction of sp³-hybridized carbons (Fsp3) is 0.667. The molecule has 2 aliphatic carbocycles. The highest BCUT2D eigenvalue weighted by atomic mass is 16.2. The molecule has 2 saturated carbocycles. The molecule has 1 aromatic rings. The molecule has 3 atom stereocenters. The van der Waals surface area contributed by atoms with E-state index in [1.54, 1.807) is 7.05 Å². The first-order valence-electron chi connectivity index (χ1n) is 13.1. The average molecular weight is 470 g/mol. The van der Waals surface area contributed by atoms with E-state index in [9.17, 15) is 9.59 Å². The Labute approximate surface area is 205 Å². The zero-order valence-electron chi connectivity index (χ0n) is 21.0. The van der Waals surface area contributed by atoms with E-state index in [4.69, 9.17) is 10.7 Å². The van der Waals surface area contributed by atoms with Gasteiger partial charge in [-0.05, 0) is 68.6 Å². The van der Waals surface area contributed by atoms with Crippen molar-refractivity contribution in [2.24, 2.45) is 22.6 Å². The summed E-state index contributed by atoms with van der Waals surface area (Å²) in [4.78, 5) is 29.8. The summed E-state index contributed by atoms with van der Waals surface area (Å²) in [5.74, 6) is 1.58. The van der Waals surface area contributed by atoms with Crippen molar-refractivity contribution in [3.63, 3.8) is 0 Å². The normalized spacial score (nSPS) is 22.6. The second-order valence-corrected chi connectivity index (χ2v) is 10.4. The van der Waals surface area contributed by atoms with E-state index in [1.165, 1.54) is 43.4 Å². The molecule has 0 bridgehead atoms. The Hall–Kier alpha value is -2.57. The number of carbonyl (C=O) groups excluding carboxylic acids is 2. The van der Waals surface area contributed by atoms with Crippen LogP contribution < -0.4 is 16.4 Å². The van der Waals surface area contributed by atoms with Gasteiger partial charge in [-0.2, -0.15) is 0 Å². The second kappa shape index (κ2) is 13.4. The first-order chi connectivity index (χ1) is 16.4. The molecule has 0 spiro atoms. The third-order valence-electron chi connectivity index (χ3n) is 7.47. The van der Waals surface area contributed by atoms with E-state index < -0.39 is 0 Å². The molecule has 4 N–H and O–H groups in total. The Kier molecular flexibility index (Phi) is 10.2. The monoisotopic (exact) mass is 469 g/mol. The van der Waals surface area contributed by atoms with Crippen LogP contribution >= 0.6 is 0 Å². The van der Waals surface area contributed by atoms with Gasteiger partial charge in [0.25, 0.3) is 0 Å². The minimum atomic E-state index is -0.139. The van der Waals surface area contributed by atoms with Crippen LogP contribution in [0.2, 0.25) is 0 Å². The maximum atomic E-state index is 12.6. The minimum Gasteiger partial charge on any atom is -0.369 e. The van der Waals surface area contributed by atoms with Crippen molar-refractivity contribution in [1.82, 2.24) is 10.2 Å². The zero-order valence-corrected chi connectivity index (χ0v) is 21.0. The summed E-state index contributed by atoms with van der Waals surface area (Å²) in [5, 5.41) is 6.14. The highest BCUT2D eigenvalue weighted by Crippen LogP contribution is 2.32. The van der Waals surface area contributed by atoms with Crippen molar-refractivity contribution >= 4 is 24.1 Å². The Morgan fingerprint density at radius 2 is 1.94 bits per heavy atom. The summed E-state index contributed by atoms with van der Waals surface area (Å²) in [6.45, 7) is 2.02. The quantitative estimate of drug-likeness (QED) is 0.263. The minimum absolute atomic E-state index is 0.120. The fourth-order valence-corrected chi connectivity index (χ4v) is 5.57. The summed E-state index contributed by atoms with van der Waals surface area (Å²) in [5.41, 5.74) is 8.04. The molecule has 2 fully saturated rings. The third kappa shape index (κ3) is 8.65. The Morgan fingerprint density at radius 1 is 1.18 bits per heavy atom. The van der Waals surface area contributed by atoms with E-state index in [2.05, 4.69) is 10.6 Å². The number of hydrogen-bond acceptors (Lipinski definition) is 3. The zero-order chi connectivity index (χ0) is 24.3. The number of hydrogen-bond donors (Lipinski definition) is 3. The number of carbonyl (C=O) groups is 2. The van der Waals surface area contributed by atoms with Gasteiger partial charge in [-0.1, -0.05) is 57.1 Å². The number of guanidine groups is 1. The van der Waals surface area contributed by atoms with Gasteiger partial charge in [0.1, 0.15) is 0 Å². The second-order valence-electron chi connectivity index (χ2n) is 10.4. The van der Waals surface area contributed by atoms with Crippen molar-refractivity contribution in [1.29, 1.82) is 0 Å². The maximum absolute atomic E-state index is 12.6. The molecule has 7 heteroatoms. The number of amides is 3. The molecule has 0 radical (unpaired) electrons. The van der Waals surface area contributed by atoms with E-state index in [0.717, 1.165) is 55.7 Å². The van der Waals surface area contributed by atoms with Crippen LogP contribution in [0.1, 0.15) is 82.6 Å². The lowest BCUT2D eigenvalue weighted by atomic mass is 9.80. The Morgan fingerprint density at radius 3 is 2.68 bits per heavy atom. The smallest absolute Gasteiger partial charge is 0.319 e. The lowest BCUT2D eigenvalue weighted by molar-refractivity contribution is -0.114. The van der Waals surface area contributed by atoms with E-state index in [1.807, 2.05) is 31.2 Å². The van der Waals surface area contributed by atoms with E-state index in [-0.39, 0.29) is 18.1 Å². The molecule has 0 aromatic heterocycles. The van der Waals surface area contributed by atoms with Gasteiger partial charge < -0.3 is 16.4 Å². The molecule has 7 nitrogen and oxygen atoms in total. The van der Waals surface area contributed by atoms with Gasteiger partial charge in [-0.25, -0.2) is 9.79 Å². The summed E-state index contributed by atoms with van der Waals surface area (Å²) in [7, 11) is 1.65. The molecule has 3 amide bonds. The first kappa shape index (κ1) is 26.0. The molecule has 0 unspecified atom stereocenters. The summed E-state index contributed by atoms with van der Waals surface area (Å²) in [6, 6.07) is 7.99. The van der Waals surface area contributed by atoms with Gasteiger partial charge in [0, 0.05) is 18.8 Å². The third-order valence-corrected chi connectivity index (χ3v) is 7.47. The van der Waals surface area contributed by atoms with Gasteiger partial charge in [0.15, 0.2) is 5.96 Å². The predicted molar refractivity (Wildman–Crippen MR) is 139 cm³/mol. The van der Waals surface area contributed by atoms with Crippen LogP contribution in [0.4, 0.5) is 10.5 Å². The van der Waals surface area contributed by atoms with Crippen LogP contribution in [-0.4, -0.2) is 42.4 Å². The van der Waals surface area contributed by atoms with Gasteiger partial charge >= 0.3 is 6.03 Å². The van der Waals surface area contributed by atoms with Crippen LogP contribution in [-0.2, 0) is 4.79 Å². The van der Waals surface area contributed by atoms with Crippen LogP contribution in [0.15, 0.2) is 29.3 Å². The number of benzene rings is 1. The van der Waals surface area contributed by atoms with Crippen LogP contribution in [0.25, 0.3) is 0 Å². The number of nitrogens with zero attached hydrogens (tertiary/aromatic N) is 2. The summed E-state index contributed by atoms with van der Waals surface area (Å²) in [6.07, 6.45) is 14.8. The number of rotatable bonds is 9. The van der Waals surface area contributed by atoms with Crippen molar-refractivity contribution in [2.45, 2.75) is 96.1 Å². The van der Waals surface area contributed by atoms with Crippen molar-refractivity contribution in [2.75, 3.05) is 12.4 Å². The van der Waals surface area contributed by atoms with Crippen molar-refractivity contribution in [3.8, 4) is 0 Å². The van der Waals surface area contributed by atoms with Crippen LogP contribution in [0.3, 0.4) is 0 Å². The fourth-order valence-electron chi connectivity index (χ4n) is 5.57.